The van der Waals surface area contributed by atoms with Gasteiger partial charge in [-0.3, -0.25) is 0 Å². The van der Waals surface area contributed by atoms with Crippen LogP contribution in [-0.2, 0) is 0 Å². The zero-order valence-electron chi connectivity index (χ0n) is 15.3. The van der Waals surface area contributed by atoms with E-state index in [-0.39, 0.29) is 0 Å². The van der Waals surface area contributed by atoms with E-state index < -0.39 is 0 Å². The Balaban J connectivity index is 1.71. The molecule has 0 heterocycles. The molecule has 4 aliphatic carbocycles. The van der Waals surface area contributed by atoms with Crippen LogP contribution in [0.25, 0.3) is 0 Å². The maximum Gasteiger partial charge on any atom is 0.0911 e. The molecule has 4 fully saturated rings. The van der Waals surface area contributed by atoms with Gasteiger partial charge in [0.1, 0.15) is 0 Å². The van der Waals surface area contributed by atoms with Crippen molar-refractivity contribution in [1.29, 1.82) is 5.26 Å². The van der Waals surface area contributed by atoms with Crippen LogP contribution in [0.5, 0.6) is 0 Å². The second-order valence-corrected chi connectivity index (χ2v) is 9.76. The minimum Gasteiger partial charge on any atom is -0.193 e. The van der Waals surface area contributed by atoms with Gasteiger partial charge in [0.05, 0.1) is 6.07 Å². The second kappa shape index (κ2) is 5.37. The molecule has 0 aromatic carbocycles. The van der Waals surface area contributed by atoms with Crippen molar-refractivity contribution < 1.29 is 0 Å². The molecule has 0 aromatic heterocycles. The summed E-state index contributed by atoms with van der Waals surface area (Å²) in [7, 11) is 0. The summed E-state index contributed by atoms with van der Waals surface area (Å²) in [4.78, 5) is 0. The SMILES string of the molecule is C[C@H]1CC2(C)/C(=C\C#N)CCC2C2CCC3CCCC[C@]3(C)C21. The Kier molecular flexibility index (Phi) is 3.67. The smallest absolute Gasteiger partial charge is 0.0911 e. The van der Waals surface area contributed by atoms with Crippen LogP contribution < -0.4 is 0 Å². The minimum atomic E-state index is 0.328. The first-order valence-corrected chi connectivity index (χ1v) is 10.1. The van der Waals surface area contributed by atoms with Gasteiger partial charge >= 0.3 is 0 Å². The molecule has 0 N–H and O–H groups in total. The Bertz CT molecular complexity index is 555. The van der Waals surface area contributed by atoms with Gasteiger partial charge in [-0.1, -0.05) is 39.2 Å². The summed E-state index contributed by atoms with van der Waals surface area (Å²) in [5, 5.41) is 9.20. The number of hydrogen-bond acceptors (Lipinski definition) is 1. The van der Waals surface area contributed by atoms with Crippen molar-refractivity contribution in [3.05, 3.63) is 11.6 Å². The molecule has 0 aromatic rings. The Morgan fingerprint density at radius 2 is 1.96 bits per heavy atom. The summed E-state index contributed by atoms with van der Waals surface area (Å²) in [5.74, 6) is 4.55. The zero-order valence-corrected chi connectivity index (χ0v) is 15.3. The fourth-order valence-corrected chi connectivity index (χ4v) is 8.16. The van der Waals surface area contributed by atoms with E-state index in [2.05, 4.69) is 26.8 Å². The average Bonchev–Trinajstić information content (AvgIpc) is 2.83. The molecule has 1 heteroatoms. The van der Waals surface area contributed by atoms with Crippen molar-refractivity contribution in [2.45, 2.75) is 78.6 Å². The van der Waals surface area contributed by atoms with Crippen LogP contribution in [0.1, 0.15) is 78.6 Å². The highest BCUT2D eigenvalue weighted by Crippen LogP contribution is 2.68. The van der Waals surface area contributed by atoms with Crippen LogP contribution in [0.3, 0.4) is 0 Å². The van der Waals surface area contributed by atoms with Crippen molar-refractivity contribution in [3.8, 4) is 6.07 Å². The fourth-order valence-electron chi connectivity index (χ4n) is 8.16. The zero-order chi connectivity index (χ0) is 16.2. The first-order chi connectivity index (χ1) is 11.0. The average molecular weight is 312 g/mol. The van der Waals surface area contributed by atoms with Crippen molar-refractivity contribution in [2.75, 3.05) is 0 Å². The van der Waals surface area contributed by atoms with E-state index in [0.717, 1.165) is 29.6 Å². The van der Waals surface area contributed by atoms with Gasteiger partial charge in [0.15, 0.2) is 0 Å². The third-order valence-electron chi connectivity index (χ3n) is 8.91. The fraction of sp³-hybridized carbons (Fsp3) is 0.864. The lowest BCUT2D eigenvalue weighted by molar-refractivity contribution is -0.124. The molecule has 4 rings (SSSR count). The van der Waals surface area contributed by atoms with E-state index in [9.17, 15) is 5.26 Å². The second-order valence-electron chi connectivity index (χ2n) is 9.76. The third-order valence-corrected chi connectivity index (χ3v) is 8.91. The Morgan fingerprint density at radius 1 is 1.13 bits per heavy atom. The number of nitrogens with zero attached hydrogens (tertiary/aromatic N) is 1. The van der Waals surface area contributed by atoms with Crippen molar-refractivity contribution in [3.63, 3.8) is 0 Å². The van der Waals surface area contributed by atoms with Crippen LogP contribution in [0, 0.1) is 51.8 Å². The highest BCUT2D eigenvalue weighted by atomic mass is 14.6. The van der Waals surface area contributed by atoms with E-state index in [1.807, 2.05) is 6.08 Å². The molecule has 0 radical (unpaired) electrons. The summed E-state index contributed by atoms with van der Waals surface area (Å²) < 4.78 is 0. The van der Waals surface area contributed by atoms with Crippen LogP contribution in [0.15, 0.2) is 11.6 Å². The van der Waals surface area contributed by atoms with E-state index in [4.69, 9.17) is 0 Å². The van der Waals surface area contributed by atoms with Crippen LogP contribution in [0.2, 0.25) is 0 Å². The molecule has 1 nitrogen and oxygen atoms in total. The van der Waals surface area contributed by atoms with Gasteiger partial charge in [-0.25, -0.2) is 0 Å². The molecular weight excluding hydrogens is 278 g/mol. The lowest BCUT2D eigenvalue weighted by Crippen LogP contribution is -2.55. The van der Waals surface area contributed by atoms with E-state index >= 15 is 0 Å². The lowest BCUT2D eigenvalue weighted by Gasteiger charge is -2.62. The molecule has 0 aliphatic heterocycles. The molecule has 0 saturated heterocycles. The molecule has 5 unspecified atom stereocenters. The van der Waals surface area contributed by atoms with Gasteiger partial charge < -0.3 is 0 Å². The summed E-state index contributed by atoms with van der Waals surface area (Å²) in [6, 6.07) is 2.35. The van der Waals surface area contributed by atoms with Crippen molar-refractivity contribution in [1.82, 2.24) is 0 Å². The number of allylic oxidation sites excluding steroid dienone is 2. The van der Waals surface area contributed by atoms with Crippen LogP contribution in [-0.4, -0.2) is 0 Å². The number of hydrogen-bond donors (Lipinski definition) is 0. The molecule has 23 heavy (non-hydrogen) atoms. The first-order valence-electron chi connectivity index (χ1n) is 10.1. The first kappa shape index (κ1) is 15.7. The van der Waals surface area contributed by atoms with Gasteiger partial charge in [-0.2, -0.15) is 5.26 Å². The van der Waals surface area contributed by atoms with E-state index in [0.29, 0.717) is 10.8 Å². The molecule has 4 aliphatic rings. The maximum absolute atomic E-state index is 9.20. The highest BCUT2D eigenvalue weighted by Gasteiger charge is 2.60. The van der Waals surface area contributed by atoms with E-state index in [1.165, 1.54) is 63.4 Å². The minimum absolute atomic E-state index is 0.328. The Hall–Kier alpha value is -0.770. The lowest BCUT2D eigenvalue weighted by atomic mass is 9.43. The van der Waals surface area contributed by atoms with Crippen molar-refractivity contribution in [2.24, 2.45) is 40.4 Å². The van der Waals surface area contributed by atoms with Gasteiger partial charge in [0.25, 0.3) is 0 Å². The van der Waals surface area contributed by atoms with Gasteiger partial charge in [0, 0.05) is 6.08 Å². The standard InChI is InChI=1S/C22H33N/c1-15-14-22(3)17(11-13-23)8-10-19(22)18-9-7-16-6-4-5-12-21(16,2)20(15)18/h11,15-16,18-20H,4-10,12,14H2,1-3H3/b17-11-/t15-,16?,18?,19?,20?,21-,22?/m0/s1. The van der Waals surface area contributed by atoms with Gasteiger partial charge in [0.2, 0.25) is 0 Å². The largest absolute Gasteiger partial charge is 0.193 e. The summed E-state index contributed by atoms with van der Waals surface area (Å²) in [6.07, 6.45) is 14.6. The van der Waals surface area contributed by atoms with Gasteiger partial charge in [-0.05, 0) is 85.4 Å². The summed E-state index contributed by atoms with van der Waals surface area (Å²) in [6.45, 7) is 7.70. The summed E-state index contributed by atoms with van der Waals surface area (Å²) >= 11 is 0. The molecule has 0 bridgehead atoms. The molecule has 7 atom stereocenters. The predicted molar refractivity (Wildman–Crippen MR) is 94.6 cm³/mol. The van der Waals surface area contributed by atoms with Crippen LogP contribution in [0.4, 0.5) is 0 Å². The van der Waals surface area contributed by atoms with Crippen LogP contribution >= 0.6 is 0 Å². The van der Waals surface area contributed by atoms with Gasteiger partial charge in [-0.15, -0.1) is 0 Å². The Morgan fingerprint density at radius 3 is 2.74 bits per heavy atom. The molecule has 0 amide bonds. The number of rotatable bonds is 0. The third kappa shape index (κ3) is 2.09. The predicted octanol–water partition coefficient (Wildman–Crippen LogP) is 6.12. The molecule has 126 valence electrons. The molecule has 0 spiro atoms. The quantitative estimate of drug-likeness (QED) is 0.495. The normalized spacial score (nSPS) is 54.0. The monoisotopic (exact) mass is 311 g/mol. The number of fused-ring (bicyclic) bond motifs is 5. The topological polar surface area (TPSA) is 23.8 Å². The molecular formula is C22H33N. The van der Waals surface area contributed by atoms with Crippen molar-refractivity contribution >= 4 is 0 Å². The number of nitriles is 1. The molecule has 4 saturated carbocycles. The Labute approximate surface area is 142 Å². The summed E-state index contributed by atoms with van der Waals surface area (Å²) in [5.41, 5.74) is 2.42. The maximum atomic E-state index is 9.20. The highest BCUT2D eigenvalue weighted by molar-refractivity contribution is 5.28. The van der Waals surface area contributed by atoms with E-state index in [1.54, 1.807) is 0 Å².